The molecule has 0 amide bonds. The lowest BCUT2D eigenvalue weighted by Crippen LogP contribution is -2.57. The maximum atomic E-state index is 13.0. The van der Waals surface area contributed by atoms with Crippen LogP contribution in [-0.2, 0) is 29.5 Å². The van der Waals surface area contributed by atoms with Crippen molar-refractivity contribution in [3.05, 3.63) is 0 Å². The summed E-state index contributed by atoms with van der Waals surface area (Å²) in [6.07, 6.45) is 4.11. The Labute approximate surface area is 217 Å². The number of hydroxylamine groups is 4. The van der Waals surface area contributed by atoms with Gasteiger partial charge in [0.05, 0.1) is 11.8 Å². The van der Waals surface area contributed by atoms with Crippen molar-refractivity contribution < 1.29 is 29.5 Å². The van der Waals surface area contributed by atoms with Crippen molar-refractivity contribution in [3.63, 3.8) is 0 Å². The number of hydrogen-bond acceptors (Lipinski definition) is 6. The Morgan fingerprint density at radius 2 is 0.972 bits per heavy atom. The zero-order chi connectivity index (χ0) is 27.0. The first-order valence-corrected chi connectivity index (χ1v) is 14.0. The van der Waals surface area contributed by atoms with E-state index < -0.39 is 11.1 Å². The lowest BCUT2D eigenvalue weighted by molar-refractivity contribution is -0.280. The summed E-state index contributed by atoms with van der Waals surface area (Å²) >= 11 is 0. The van der Waals surface area contributed by atoms with Gasteiger partial charge in [-0.2, -0.15) is 0 Å². The van der Waals surface area contributed by atoms with Crippen LogP contribution in [0.1, 0.15) is 107 Å². The molecule has 3 fully saturated rings. The van der Waals surface area contributed by atoms with Crippen molar-refractivity contribution in [2.75, 3.05) is 0 Å². The number of hydrogen-bond donors (Lipinski definition) is 0. The van der Waals surface area contributed by atoms with E-state index in [2.05, 4.69) is 0 Å². The van der Waals surface area contributed by atoms with Gasteiger partial charge in [-0.3, -0.25) is 9.59 Å². The highest BCUT2D eigenvalue weighted by molar-refractivity contribution is 5.75. The highest BCUT2D eigenvalue weighted by Gasteiger charge is 2.46. The molecule has 2 aliphatic heterocycles. The molecule has 3 rings (SSSR count). The van der Waals surface area contributed by atoms with Crippen LogP contribution in [0.4, 0.5) is 0 Å². The van der Waals surface area contributed by atoms with Crippen LogP contribution in [0.15, 0.2) is 0 Å². The van der Waals surface area contributed by atoms with Crippen LogP contribution in [-0.4, -0.2) is 57.4 Å². The van der Waals surface area contributed by atoms with E-state index in [4.69, 9.17) is 9.47 Å². The van der Waals surface area contributed by atoms with E-state index in [9.17, 15) is 20.0 Å². The molecule has 36 heavy (non-hydrogen) atoms. The number of nitrogens with zero attached hydrogens (tertiary/aromatic N) is 2. The van der Waals surface area contributed by atoms with Crippen LogP contribution in [0.2, 0.25) is 0 Å². The lowest BCUT2D eigenvalue weighted by atomic mass is 9.80. The Morgan fingerprint density at radius 3 is 1.25 bits per heavy atom. The zero-order valence-electron chi connectivity index (χ0n) is 23.6. The fraction of sp³-hybridized carbons (Fsp3) is 0.929. The Kier molecular flexibility index (Phi) is 9.18. The summed E-state index contributed by atoms with van der Waals surface area (Å²) in [6.45, 7) is 15.8. The Morgan fingerprint density at radius 1 is 0.667 bits per heavy atom. The second kappa shape index (κ2) is 11.3. The van der Waals surface area contributed by atoms with Gasteiger partial charge in [-0.1, -0.05) is 27.7 Å². The van der Waals surface area contributed by atoms with Gasteiger partial charge in [0.2, 0.25) is 0 Å². The fourth-order valence-corrected chi connectivity index (χ4v) is 6.44. The van der Waals surface area contributed by atoms with Crippen LogP contribution < -0.4 is 0 Å². The maximum absolute atomic E-state index is 13.0. The summed E-state index contributed by atoms with van der Waals surface area (Å²) in [4.78, 5) is 25.9. The number of carbonyl (C=O) groups is 2. The third-order valence-corrected chi connectivity index (χ3v) is 8.76. The highest BCUT2D eigenvalue weighted by Crippen LogP contribution is 2.38. The largest absolute Gasteiger partial charge is 0.462 e. The van der Waals surface area contributed by atoms with E-state index in [1.54, 1.807) is 0 Å². The minimum absolute atomic E-state index is 0.161. The van der Waals surface area contributed by atoms with E-state index in [0.29, 0.717) is 51.4 Å². The Bertz CT molecular complexity index is 710. The van der Waals surface area contributed by atoms with Gasteiger partial charge in [0.1, 0.15) is 12.2 Å². The molecule has 2 heterocycles. The molecule has 0 N–H and O–H groups in total. The predicted octanol–water partition coefficient (Wildman–Crippen LogP) is 5.11. The number of carbonyl (C=O) groups excluding carboxylic acids is 2. The molecule has 4 unspecified atom stereocenters. The van der Waals surface area contributed by atoms with Crippen molar-refractivity contribution >= 4 is 11.9 Å². The quantitative estimate of drug-likeness (QED) is 0.463. The van der Waals surface area contributed by atoms with Gasteiger partial charge < -0.3 is 9.47 Å². The van der Waals surface area contributed by atoms with E-state index in [1.807, 2.05) is 55.4 Å². The second-order valence-corrected chi connectivity index (χ2v) is 13.4. The van der Waals surface area contributed by atoms with Gasteiger partial charge in [-0.25, -0.2) is 0 Å². The number of ether oxygens (including phenoxy) is 2. The lowest BCUT2D eigenvalue weighted by Gasteiger charge is -2.46. The predicted molar refractivity (Wildman–Crippen MR) is 134 cm³/mol. The van der Waals surface area contributed by atoms with Gasteiger partial charge in [0.15, 0.2) is 0 Å². The molecule has 2 radical (unpaired) electrons. The molecule has 206 valence electrons. The molecule has 0 spiro atoms. The molecular weight excluding hydrogens is 460 g/mol. The summed E-state index contributed by atoms with van der Waals surface area (Å²) in [5.41, 5.74) is -1.13. The van der Waals surface area contributed by atoms with Crippen LogP contribution in [0, 0.1) is 23.7 Å². The van der Waals surface area contributed by atoms with Crippen molar-refractivity contribution in [1.82, 2.24) is 10.1 Å². The molecule has 0 bridgehead atoms. The highest BCUT2D eigenvalue weighted by atomic mass is 16.6. The van der Waals surface area contributed by atoms with Crippen molar-refractivity contribution in [2.24, 2.45) is 23.7 Å². The number of piperidine rings is 2. The first-order chi connectivity index (χ1) is 16.6. The monoisotopic (exact) mass is 508 g/mol. The molecule has 1 aliphatic carbocycles. The molecular formula is C28H48N2O6. The van der Waals surface area contributed by atoms with Crippen LogP contribution in [0.3, 0.4) is 0 Å². The topological polar surface area (TPSA) is 98.9 Å². The van der Waals surface area contributed by atoms with Crippen molar-refractivity contribution in [3.8, 4) is 0 Å². The summed E-state index contributed by atoms with van der Waals surface area (Å²) in [5, 5.41) is 27.7. The standard InChI is InChI=1S/C28H48N2O6/c1-17(2)23-13-21(15-27(5,6)29(23)33)35-25(31)19-9-11-20(12-10-19)26(32)36-22-14-24(18(3)4)30(34)28(7,8)16-22/h17-24H,9-16H2,1-8H3. The van der Waals surface area contributed by atoms with Crippen molar-refractivity contribution in [1.29, 1.82) is 0 Å². The summed E-state index contributed by atoms with van der Waals surface area (Å²) in [5.74, 6) is -0.456. The normalized spacial score (nSPS) is 35.6. The van der Waals surface area contributed by atoms with Gasteiger partial charge in [0, 0.05) is 48.8 Å². The number of esters is 2. The molecule has 8 nitrogen and oxygen atoms in total. The van der Waals surface area contributed by atoms with Crippen LogP contribution in [0.5, 0.6) is 0 Å². The smallest absolute Gasteiger partial charge is 0.309 e. The molecule has 1 saturated carbocycles. The first-order valence-electron chi connectivity index (χ1n) is 14.0. The van der Waals surface area contributed by atoms with E-state index in [0.717, 1.165) is 0 Å². The average Bonchev–Trinajstić information content (AvgIpc) is 2.77. The van der Waals surface area contributed by atoms with Gasteiger partial charge in [0.25, 0.3) is 0 Å². The maximum Gasteiger partial charge on any atom is 0.309 e. The van der Waals surface area contributed by atoms with Crippen molar-refractivity contribution in [2.45, 2.75) is 142 Å². The summed E-state index contributed by atoms with van der Waals surface area (Å²) in [6, 6.07) is -0.323. The van der Waals surface area contributed by atoms with E-state index in [-0.39, 0.29) is 59.9 Å². The third kappa shape index (κ3) is 6.61. The van der Waals surface area contributed by atoms with E-state index in [1.165, 1.54) is 10.1 Å². The van der Waals surface area contributed by atoms with Gasteiger partial charge in [-0.15, -0.1) is 20.5 Å². The molecule has 0 aromatic rings. The molecule has 8 heteroatoms. The molecule has 4 atom stereocenters. The second-order valence-electron chi connectivity index (χ2n) is 13.4. The third-order valence-electron chi connectivity index (χ3n) is 8.76. The van der Waals surface area contributed by atoms with Crippen LogP contribution in [0.25, 0.3) is 0 Å². The average molecular weight is 509 g/mol. The van der Waals surface area contributed by atoms with Gasteiger partial charge >= 0.3 is 11.9 Å². The minimum Gasteiger partial charge on any atom is -0.462 e. The molecule has 0 aromatic heterocycles. The Balaban J connectivity index is 1.50. The first kappa shape index (κ1) is 29.3. The van der Waals surface area contributed by atoms with E-state index >= 15 is 0 Å². The number of rotatable bonds is 6. The minimum atomic E-state index is -0.565. The zero-order valence-corrected chi connectivity index (χ0v) is 23.6. The Hall–Kier alpha value is -1.22. The SMILES string of the molecule is CC(C)C1CC(OC(=O)C2CCC(C(=O)OC3CC(C(C)C)N([O])C(C)(C)C3)CC2)CC(C)(C)N1[O]. The summed E-state index contributed by atoms with van der Waals surface area (Å²) in [7, 11) is 0. The fourth-order valence-electron chi connectivity index (χ4n) is 6.44. The summed E-state index contributed by atoms with van der Waals surface area (Å²) < 4.78 is 11.8. The molecule has 2 saturated heterocycles. The van der Waals surface area contributed by atoms with Gasteiger partial charge in [-0.05, 0) is 65.2 Å². The molecule has 3 aliphatic rings. The molecule has 0 aromatic carbocycles. The van der Waals surface area contributed by atoms with Crippen LogP contribution >= 0.6 is 0 Å².